The highest BCUT2D eigenvalue weighted by Gasteiger charge is 2.14. The molecule has 1 amide bonds. The van der Waals surface area contributed by atoms with Gasteiger partial charge in [0.15, 0.2) is 6.10 Å². The lowest BCUT2D eigenvalue weighted by atomic mass is 10.0. The third-order valence-electron chi connectivity index (χ3n) is 5.24. The Morgan fingerprint density at radius 2 is 1.61 bits per heavy atom. The van der Waals surface area contributed by atoms with Gasteiger partial charge in [0.1, 0.15) is 11.5 Å². The Labute approximate surface area is 193 Å². The number of nitrogens with zero attached hydrogens (tertiary/aromatic N) is 1. The van der Waals surface area contributed by atoms with Crippen LogP contribution in [0.25, 0.3) is 21.9 Å². The average Bonchev–Trinajstić information content (AvgIpc) is 2.86. The average molecular weight is 439 g/mol. The van der Waals surface area contributed by atoms with E-state index in [1.54, 1.807) is 13.1 Å². The number of fused-ring (bicyclic) bond motifs is 1. The van der Waals surface area contributed by atoms with E-state index in [0.29, 0.717) is 12.4 Å². The maximum atomic E-state index is 12.5. The number of rotatable bonds is 8. The highest BCUT2D eigenvalue weighted by molar-refractivity contribution is 6.02. The van der Waals surface area contributed by atoms with Gasteiger partial charge in [0, 0.05) is 5.56 Å². The number of amides is 1. The van der Waals surface area contributed by atoms with Crippen molar-refractivity contribution in [3.63, 3.8) is 0 Å². The first-order valence-electron chi connectivity index (χ1n) is 11.0. The SMILES string of the molecule is CCOc1ccc2ccccc2c1C=NNC(=O)[C@H](C)Oc1ccc(-c2ccccc2)cc1. The fourth-order valence-corrected chi connectivity index (χ4v) is 3.56. The molecule has 0 heterocycles. The van der Waals surface area contributed by atoms with Gasteiger partial charge in [-0.15, -0.1) is 0 Å². The van der Waals surface area contributed by atoms with E-state index in [4.69, 9.17) is 9.47 Å². The third-order valence-corrected chi connectivity index (χ3v) is 5.24. The zero-order valence-corrected chi connectivity index (χ0v) is 18.7. The molecule has 0 aliphatic heterocycles. The van der Waals surface area contributed by atoms with Crippen molar-refractivity contribution in [3.05, 3.63) is 96.6 Å². The number of nitrogens with one attached hydrogen (secondary N) is 1. The van der Waals surface area contributed by atoms with Crippen LogP contribution in [0.1, 0.15) is 19.4 Å². The molecule has 33 heavy (non-hydrogen) atoms. The number of carbonyl (C=O) groups is 1. The Morgan fingerprint density at radius 3 is 2.36 bits per heavy atom. The van der Waals surface area contributed by atoms with Crippen molar-refractivity contribution < 1.29 is 14.3 Å². The summed E-state index contributed by atoms with van der Waals surface area (Å²) in [6.07, 6.45) is 0.913. The van der Waals surface area contributed by atoms with Gasteiger partial charge < -0.3 is 9.47 Å². The summed E-state index contributed by atoms with van der Waals surface area (Å²) >= 11 is 0. The molecule has 0 spiro atoms. The van der Waals surface area contributed by atoms with Gasteiger partial charge in [-0.3, -0.25) is 4.79 Å². The Bertz CT molecular complexity index is 1250. The van der Waals surface area contributed by atoms with E-state index in [1.807, 2.05) is 85.8 Å². The van der Waals surface area contributed by atoms with Gasteiger partial charge >= 0.3 is 0 Å². The summed E-state index contributed by atoms with van der Waals surface area (Å²) in [6.45, 7) is 4.17. The molecule has 0 saturated carbocycles. The first-order chi connectivity index (χ1) is 16.2. The van der Waals surface area contributed by atoms with Crippen molar-refractivity contribution in [2.45, 2.75) is 20.0 Å². The lowest BCUT2D eigenvalue weighted by molar-refractivity contribution is -0.127. The van der Waals surface area contributed by atoms with Crippen molar-refractivity contribution in [2.75, 3.05) is 6.61 Å². The van der Waals surface area contributed by atoms with Crippen LogP contribution >= 0.6 is 0 Å². The smallest absolute Gasteiger partial charge is 0.280 e. The molecule has 0 radical (unpaired) electrons. The number of hydrazone groups is 1. The van der Waals surface area contributed by atoms with Gasteiger partial charge in [0.25, 0.3) is 5.91 Å². The summed E-state index contributed by atoms with van der Waals surface area (Å²) in [5.74, 6) is 1.00. The molecule has 1 atom stereocenters. The van der Waals surface area contributed by atoms with E-state index >= 15 is 0 Å². The summed E-state index contributed by atoms with van der Waals surface area (Å²) in [5.41, 5.74) is 5.61. The van der Waals surface area contributed by atoms with Gasteiger partial charge in [-0.25, -0.2) is 5.43 Å². The topological polar surface area (TPSA) is 59.9 Å². The first-order valence-corrected chi connectivity index (χ1v) is 11.0. The predicted octanol–water partition coefficient (Wildman–Crippen LogP) is 5.82. The molecule has 0 aliphatic carbocycles. The molecule has 4 aromatic rings. The zero-order valence-electron chi connectivity index (χ0n) is 18.7. The third kappa shape index (κ3) is 5.39. The number of carbonyl (C=O) groups excluding carboxylic acids is 1. The van der Waals surface area contributed by atoms with E-state index in [2.05, 4.69) is 22.7 Å². The van der Waals surface area contributed by atoms with E-state index in [-0.39, 0.29) is 5.91 Å². The van der Waals surface area contributed by atoms with Gasteiger partial charge in [-0.05, 0) is 53.9 Å². The maximum absolute atomic E-state index is 12.5. The maximum Gasteiger partial charge on any atom is 0.280 e. The molecule has 5 heteroatoms. The summed E-state index contributed by atoms with van der Waals surface area (Å²) in [6, 6.07) is 29.7. The molecule has 166 valence electrons. The van der Waals surface area contributed by atoms with Crippen LogP contribution in [0.15, 0.2) is 96.1 Å². The number of benzene rings is 4. The highest BCUT2D eigenvalue weighted by Crippen LogP contribution is 2.27. The molecule has 4 rings (SSSR count). The molecule has 4 aromatic carbocycles. The number of hydrogen-bond acceptors (Lipinski definition) is 4. The van der Waals surface area contributed by atoms with Crippen LogP contribution < -0.4 is 14.9 Å². The minimum atomic E-state index is -0.705. The predicted molar refractivity (Wildman–Crippen MR) is 133 cm³/mol. The number of ether oxygens (including phenoxy) is 2. The van der Waals surface area contributed by atoms with E-state index < -0.39 is 6.10 Å². The Hall–Kier alpha value is -4.12. The van der Waals surface area contributed by atoms with E-state index in [9.17, 15) is 4.79 Å². The molecule has 1 N–H and O–H groups in total. The number of hydrogen-bond donors (Lipinski definition) is 1. The van der Waals surface area contributed by atoms with Crippen LogP contribution in [0.3, 0.4) is 0 Å². The Balaban J connectivity index is 1.41. The summed E-state index contributed by atoms with van der Waals surface area (Å²) in [4.78, 5) is 12.5. The molecule has 0 saturated heterocycles. The van der Waals surface area contributed by atoms with Gasteiger partial charge in [0.05, 0.1) is 12.8 Å². The lowest BCUT2D eigenvalue weighted by Crippen LogP contribution is -2.33. The van der Waals surface area contributed by atoms with Gasteiger partial charge in [-0.1, -0.05) is 72.8 Å². The molecule has 0 fully saturated rings. The van der Waals surface area contributed by atoms with Crippen molar-refractivity contribution in [1.82, 2.24) is 5.43 Å². The second kappa shape index (κ2) is 10.5. The van der Waals surface area contributed by atoms with Gasteiger partial charge in [-0.2, -0.15) is 5.10 Å². The molecule has 0 unspecified atom stereocenters. The van der Waals surface area contributed by atoms with Crippen LogP contribution in [0.4, 0.5) is 0 Å². The van der Waals surface area contributed by atoms with Crippen LogP contribution in [0, 0.1) is 0 Å². The fraction of sp³-hybridized carbons (Fsp3) is 0.143. The normalized spacial score (nSPS) is 11.9. The molecular formula is C28H26N2O3. The molecule has 0 bridgehead atoms. The second-order valence-corrected chi connectivity index (χ2v) is 7.52. The molecule has 5 nitrogen and oxygen atoms in total. The monoisotopic (exact) mass is 438 g/mol. The highest BCUT2D eigenvalue weighted by atomic mass is 16.5. The van der Waals surface area contributed by atoms with Crippen LogP contribution in [-0.4, -0.2) is 24.8 Å². The first kappa shape index (κ1) is 22.1. The lowest BCUT2D eigenvalue weighted by Gasteiger charge is -2.14. The van der Waals surface area contributed by atoms with Crippen molar-refractivity contribution in [1.29, 1.82) is 0 Å². The molecular weight excluding hydrogens is 412 g/mol. The molecule has 0 aliphatic rings. The largest absolute Gasteiger partial charge is 0.493 e. The second-order valence-electron chi connectivity index (χ2n) is 7.52. The van der Waals surface area contributed by atoms with Crippen LogP contribution in [0.2, 0.25) is 0 Å². The zero-order chi connectivity index (χ0) is 23.0. The minimum absolute atomic E-state index is 0.336. The van der Waals surface area contributed by atoms with Crippen molar-refractivity contribution >= 4 is 22.9 Å². The Morgan fingerprint density at radius 1 is 0.909 bits per heavy atom. The van der Waals surface area contributed by atoms with Crippen molar-refractivity contribution in [2.24, 2.45) is 5.10 Å². The Kier molecular flexibility index (Phi) is 7.00. The minimum Gasteiger partial charge on any atom is -0.493 e. The summed E-state index contributed by atoms with van der Waals surface area (Å²) in [7, 11) is 0. The quantitative estimate of drug-likeness (QED) is 0.278. The molecule has 0 aromatic heterocycles. The van der Waals surface area contributed by atoms with Crippen LogP contribution in [-0.2, 0) is 4.79 Å². The van der Waals surface area contributed by atoms with Crippen molar-refractivity contribution in [3.8, 4) is 22.6 Å². The summed E-state index contributed by atoms with van der Waals surface area (Å²) < 4.78 is 11.5. The van der Waals surface area contributed by atoms with E-state index in [0.717, 1.165) is 33.2 Å². The standard InChI is InChI=1S/C28H26N2O3/c1-3-32-27-18-15-23-11-7-8-12-25(23)26(27)19-29-30-28(31)20(2)33-24-16-13-22(14-17-24)21-9-5-4-6-10-21/h4-20H,3H2,1-2H3,(H,30,31)/t20-/m0/s1. The van der Waals surface area contributed by atoms with Crippen LogP contribution in [0.5, 0.6) is 11.5 Å². The van der Waals surface area contributed by atoms with Gasteiger partial charge in [0.2, 0.25) is 0 Å². The van der Waals surface area contributed by atoms with E-state index in [1.165, 1.54) is 0 Å². The summed E-state index contributed by atoms with van der Waals surface area (Å²) in [5, 5.41) is 6.24. The fourth-order valence-electron chi connectivity index (χ4n) is 3.56.